The Morgan fingerprint density at radius 1 is 1.29 bits per heavy atom. The van der Waals surface area contributed by atoms with Gasteiger partial charge in [0.2, 0.25) is 0 Å². The Kier molecular flexibility index (Phi) is 4.85. The number of hydrogen-bond acceptors (Lipinski definition) is 3. The van der Waals surface area contributed by atoms with E-state index in [0.29, 0.717) is 24.1 Å². The number of rotatable bonds is 6. The third kappa shape index (κ3) is 3.23. The molecule has 14 heavy (non-hydrogen) atoms. The first-order chi connectivity index (χ1) is 6.67. The van der Waals surface area contributed by atoms with Gasteiger partial charge < -0.3 is 14.8 Å². The number of hydrogen-bond donors (Lipinski definition) is 1. The van der Waals surface area contributed by atoms with E-state index in [0.717, 1.165) is 19.4 Å². The van der Waals surface area contributed by atoms with E-state index in [1.165, 1.54) is 0 Å². The van der Waals surface area contributed by atoms with Gasteiger partial charge in [-0.2, -0.15) is 0 Å². The molecule has 0 amide bonds. The molecule has 1 saturated carbocycles. The SMILES string of the molecule is COCC(NC1CC(OC)C1)C(C)C. The maximum Gasteiger partial charge on any atom is 0.0618 e. The second-order valence-electron chi connectivity index (χ2n) is 4.50. The first-order valence-corrected chi connectivity index (χ1v) is 5.45. The van der Waals surface area contributed by atoms with E-state index in [4.69, 9.17) is 9.47 Å². The van der Waals surface area contributed by atoms with Crippen LogP contribution in [0.2, 0.25) is 0 Å². The summed E-state index contributed by atoms with van der Waals surface area (Å²) in [5, 5.41) is 3.61. The van der Waals surface area contributed by atoms with Crippen molar-refractivity contribution in [2.75, 3.05) is 20.8 Å². The molecule has 1 aliphatic carbocycles. The van der Waals surface area contributed by atoms with Crippen molar-refractivity contribution in [3.8, 4) is 0 Å². The summed E-state index contributed by atoms with van der Waals surface area (Å²) < 4.78 is 10.4. The summed E-state index contributed by atoms with van der Waals surface area (Å²) in [6, 6.07) is 1.10. The summed E-state index contributed by atoms with van der Waals surface area (Å²) >= 11 is 0. The van der Waals surface area contributed by atoms with E-state index < -0.39 is 0 Å². The minimum atomic E-state index is 0.475. The van der Waals surface area contributed by atoms with Crippen LogP contribution >= 0.6 is 0 Å². The molecule has 0 aromatic rings. The third-order valence-electron chi connectivity index (χ3n) is 3.03. The number of nitrogens with one attached hydrogen (secondary N) is 1. The molecule has 1 aliphatic rings. The zero-order valence-corrected chi connectivity index (χ0v) is 9.75. The van der Waals surface area contributed by atoms with Crippen molar-refractivity contribution in [3.63, 3.8) is 0 Å². The molecule has 3 nitrogen and oxygen atoms in total. The molecule has 1 unspecified atom stereocenters. The van der Waals surface area contributed by atoms with Gasteiger partial charge in [-0.15, -0.1) is 0 Å². The van der Waals surface area contributed by atoms with E-state index >= 15 is 0 Å². The second kappa shape index (κ2) is 5.69. The monoisotopic (exact) mass is 201 g/mol. The van der Waals surface area contributed by atoms with Gasteiger partial charge in [-0.25, -0.2) is 0 Å². The molecular formula is C11H23NO2. The molecule has 0 bridgehead atoms. The summed E-state index contributed by atoms with van der Waals surface area (Å²) in [5.41, 5.74) is 0. The zero-order chi connectivity index (χ0) is 10.6. The lowest BCUT2D eigenvalue weighted by Crippen LogP contribution is -2.52. The summed E-state index contributed by atoms with van der Waals surface area (Å²) in [5.74, 6) is 0.622. The lowest BCUT2D eigenvalue weighted by molar-refractivity contribution is 0.00766. The average molecular weight is 201 g/mol. The lowest BCUT2D eigenvalue weighted by atomic mass is 9.87. The number of methoxy groups -OCH3 is 2. The van der Waals surface area contributed by atoms with Crippen LogP contribution in [0.3, 0.4) is 0 Å². The largest absolute Gasteiger partial charge is 0.383 e. The fraction of sp³-hybridized carbons (Fsp3) is 1.00. The highest BCUT2D eigenvalue weighted by molar-refractivity contribution is 4.88. The van der Waals surface area contributed by atoms with Crippen LogP contribution in [0.1, 0.15) is 26.7 Å². The smallest absolute Gasteiger partial charge is 0.0618 e. The normalized spacial score (nSPS) is 28.9. The van der Waals surface area contributed by atoms with Crippen molar-refractivity contribution < 1.29 is 9.47 Å². The zero-order valence-electron chi connectivity index (χ0n) is 9.75. The molecule has 0 heterocycles. The fourth-order valence-corrected chi connectivity index (χ4v) is 1.81. The second-order valence-corrected chi connectivity index (χ2v) is 4.50. The van der Waals surface area contributed by atoms with Crippen molar-refractivity contribution in [1.29, 1.82) is 0 Å². The van der Waals surface area contributed by atoms with Crippen molar-refractivity contribution in [1.82, 2.24) is 5.32 Å². The third-order valence-corrected chi connectivity index (χ3v) is 3.03. The molecule has 1 fully saturated rings. The van der Waals surface area contributed by atoms with Crippen LogP contribution in [-0.4, -0.2) is 39.0 Å². The van der Waals surface area contributed by atoms with Gasteiger partial charge in [-0.3, -0.25) is 0 Å². The van der Waals surface area contributed by atoms with Crippen molar-refractivity contribution >= 4 is 0 Å². The Bertz CT molecular complexity index is 155. The minimum Gasteiger partial charge on any atom is -0.383 e. The van der Waals surface area contributed by atoms with Crippen molar-refractivity contribution in [3.05, 3.63) is 0 Å². The van der Waals surface area contributed by atoms with Crippen molar-refractivity contribution in [2.24, 2.45) is 5.92 Å². The Morgan fingerprint density at radius 3 is 2.36 bits per heavy atom. The standard InChI is InChI=1S/C11H23NO2/c1-8(2)11(7-13-3)12-9-5-10(6-9)14-4/h8-12H,5-7H2,1-4H3. The topological polar surface area (TPSA) is 30.5 Å². The van der Waals surface area contributed by atoms with E-state index in [2.05, 4.69) is 19.2 Å². The van der Waals surface area contributed by atoms with Gasteiger partial charge in [0.15, 0.2) is 0 Å². The minimum absolute atomic E-state index is 0.475. The molecule has 0 aliphatic heterocycles. The molecule has 1 atom stereocenters. The first-order valence-electron chi connectivity index (χ1n) is 5.45. The molecule has 0 aromatic carbocycles. The van der Waals surface area contributed by atoms with Gasteiger partial charge in [0, 0.05) is 26.3 Å². The Labute approximate surface area is 87.2 Å². The van der Waals surface area contributed by atoms with Crippen LogP contribution in [0.25, 0.3) is 0 Å². The molecule has 0 aromatic heterocycles. The van der Waals surface area contributed by atoms with E-state index in [1.807, 2.05) is 0 Å². The fourth-order valence-electron chi connectivity index (χ4n) is 1.81. The summed E-state index contributed by atoms with van der Waals surface area (Å²) in [6.45, 7) is 5.25. The molecular weight excluding hydrogens is 178 g/mol. The highest BCUT2D eigenvalue weighted by atomic mass is 16.5. The average Bonchev–Trinajstić information content (AvgIpc) is 2.08. The van der Waals surface area contributed by atoms with Gasteiger partial charge in [0.1, 0.15) is 0 Å². The Hall–Kier alpha value is -0.120. The van der Waals surface area contributed by atoms with Gasteiger partial charge >= 0.3 is 0 Å². The van der Waals surface area contributed by atoms with Crippen molar-refractivity contribution in [2.45, 2.75) is 44.9 Å². The van der Waals surface area contributed by atoms with Gasteiger partial charge in [0.25, 0.3) is 0 Å². The van der Waals surface area contributed by atoms with Crippen LogP contribution in [0.15, 0.2) is 0 Å². The summed E-state index contributed by atoms with van der Waals surface area (Å²) in [6.07, 6.45) is 2.76. The van der Waals surface area contributed by atoms with Crippen LogP contribution in [0.5, 0.6) is 0 Å². The highest BCUT2D eigenvalue weighted by Gasteiger charge is 2.31. The molecule has 3 heteroatoms. The maximum absolute atomic E-state index is 5.25. The molecule has 0 spiro atoms. The molecule has 1 N–H and O–H groups in total. The van der Waals surface area contributed by atoms with Gasteiger partial charge in [-0.1, -0.05) is 13.8 Å². The summed E-state index contributed by atoms with van der Waals surface area (Å²) in [4.78, 5) is 0. The van der Waals surface area contributed by atoms with E-state index in [1.54, 1.807) is 14.2 Å². The van der Waals surface area contributed by atoms with Crippen LogP contribution in [0.4, 0.5) is 0 Å². The molecule has 0 saturated heterocycles. The van der Waals surface area contributed by atoms with Crippen LogP contribution < -0.4 is 5.32 Å². The quantitative estimate of drug-likeness (QED) is 0.705. The predicted octanol–water partition coefficient (Wildman–Crippen LogP) is 1.42. The van der Waals surface area contributed by atoms with Crippen LogP contribution in [-0.2, 0) is 9.47 Å². The lowest BCUT2D eigenvalue weighted by Gasteiger charge is -2.38. The number of ether oxygens (including phenoxy) is 2. The first kappa shape index (κ1) is 12.0. The Balaban J connectivity index is 2.20. The molecule has 1 rings (SSSR count). The van der Waals surface area contributed by atoms with E-state index in [9.17, 15) is 0 Å². The van der Waals surface area contributed by atoms with Gasteiger partial charge in [0.05, 0.1) is 12.7 Å². The molecule has 84 valence electrons. The molecule has 0 radical (unpaired) electrons. The summed E-state index contributed by atoms with van der Waals surface area (Å²) in [7, 11) is 3.55. The van der Waals surface area contributed by atoms with Crippen LogP contribution in [0, 0.1) is 5.92 Å². The highest BCUT2D eigenvalue weighted by Crippen LogP contribution is 2.23. The van der Waals surface area contributed by atoms with Gasteiger partial charge in [-0.05, 0) is 18.8 Å². The van der Waals surface area contributed by atoms with E-state index in [-0.39, 0.29) is 0 Å². The Morgan fingerprint density at radius 2 is 1.93 bits per heavy atom. The predicted molar refractivity (Wildman–Crippen MR) is 57.5 cm³/mol. The maximum atomic E-state index is 5.25.